The Bertz CT molecular complexity index is 646. The number of nitro groups is 1. The van der Waals surface area contributed by atoms with Gasteiger partial charge in [-0.05, 0) is 25.8 Å². The average Bonchev–Trinajstić information content (AvgIpc) is 2.70. The summed E-state index contributed by atoms with van der Waals surface area (Å²) in [4.78, 5) is 38.1. The highest BCUT2D eigenvalue weighted by Crippen LogP contribution is 2.29. The molecule has 1 fully saturated rings. The van der Waals surface area contributed by atoms with Gasteiger partial charge < -0.3 is 15.4 Å². The predicted octanol–water partition coefficient (Wildman–Crippen LogP) is 1.17. The van der Waals surface area contributed by atoms with E-state index in [0.717, 1.165) is 7.11 Å². The highest BCUT2D eigenvalue weighted by atomic mass is 16.6. The number of ether oxygens (including phenoxy) is 1. The fraction of sp³-hybridized carbons (Fsp3) is 0.500. The summed E-state index contributed by atoms with van der Waals surface area (Å²) in [7, 11) is 1.16. The third-order valence-electron chi connectivity index (χ3n) is 3.58. The Morgan fingerprint density at radius 2 is 2.26 bits per heavy atom. The molecule has 9 nitrogen and oxygen atoms in total. The highest BCUT2D eigenvalue weighted by Gasteiger charge is 2.29. The predicted molar refractivity (Wildman–Crippen MR) is 81.2 cm³/mol. The van der Waals surface area contributed by atoms with Crippen molar-refractivity contribution in [1.82, 2.24) is 10.3 Å². The van der Waals surface area contributed by atoms with E-state index in [-0.39, 0.29) is 23.3 Å². The summed E-state index contributed by atoms with van der Waals surface area (Å²) >= 11 is 0. The molecule has 0 bridgehead atoms. The van der Waals surface area contributed by atoms with Gasteiger partial charge in [-0.2, -0.15) is 0 Å². The molecule has 1 aromatic rings. The SMILES string of the molecule is COC(=O)c1cc(C)nc(NC2CCNC(=O)CC2)c1[N+](=O)[O-]. The molecule has 1 aromatic heterocycles. The normalized spacial score (nSPS) is 17.8. The Morgan fingerprint density at radius 3 is 2.91 bits per heavy atom. The third kappa shape index (κ3) is 3.93. The van der Waals surface area contributed by atoms with Crippen LogP contribution in [0.25, 0.3) is 0 Å². The van der Waals surface area contributed by atoms with Crippen LogP contribution in [0, 0.1) is 17.0 Å². The summed E-state index contributed by atoms with van der Waals surface area (Å²) < 4.78 is 4.61. The number of esters is 1. The van der Waals surface area contributed by atoms with Gasteiger partial charge in [0.2, 0.25) is 11.7 Å². The summed E-state index contributed by atoms with van der Waals surface area (Å²) in [5.74, 6) is -0.811. The number of nitrogens with one attached hydrogen (secondary N) is 2. The number of methoxy groups -OCH3 is 1. The van der Waals surface area contributed by atoms with Crippen LogP contribution in [0.4, 0.5) is 11.5 Å². The van der Waals surface area contributed by atoms with Gasteiger partial charge in [0.05, 0.1) is 12.0 Å². The summed E-state index contributed by atoms with van der Waals surface area (Å²) in [5, 5.41) is 17.1. The van der Waals surface area contributed by atoms with E-state index in [1.165, 1.54) is 6.07 Å². The number of hydrogen-bond acceptors (Lipinski definition) is 7. The standard InChI is InChI=1S/C14H18N4O5/c1-8-7-10(14(20)23-2)12(18(21)22)13(16-8)17-9-3-4-11(19)15-6-5-9/h7,9H,3-6H2,1-2H3,(H,15,19)(H,16,17). The first-order chi connectivity index (χ1) is 10.9. The Labute approximate surface area is 132 Å². The lowest BCUT2D eigenvalue weighted by atomic mass is 10.1. The fourth-order valence-corrected chi connectivity index (χ4v) is 2.48. The molecule has 0 saturated carbocycles. The van der Waals surface area contributed by atoms with Crippen molar-refractivity contribution in [3.8, 4) is 0 Å². The maximum absolute atomic E-state index is 11.8. The Kier molecular flexibility index (Phi) is 5.09. The molecule has 2 rings (SSSR count). The van der Waals surface area contributed by atoms with Crippen LogP contribution in [0.3, 0.4) is 0 Å². The number of aromatic nitrogens is 1. The van der Waals surface area contributed by atoms with E-state index in [0.29, 0.717) is 31.5 Å². The highest BCUT2D eigenvalue weighted by molar-refractivity contribution is 5.96. The number of hydrogen-bond donors (Lipinski definition) is 2. The van der Waals surface area contributed by atoms with Gasteiger partial charge in [-0.1, -0.05) is 0 Å². The molecular weight excluding hydrogens is 304 g/mol. The third-order valence-corrected chi connectivity index (χ3v) is 3.58. The molecule has 2 heterocycles. The molecule has 0 aromatic carbocycles. The van der Waals surface area contributed by atoms with Crippen LogP contribution >= 0.6 is 0 Å². The van der Waals surface area contributed by atoms with Crippen LogP contribution in [-0.4, -0.2) is 41.5 Å². The van der Waals surface area contributed by atoms with Gasteiger partial charge in [0.1, 0.15) is 5.56 Å². The monoisotopic (exact) mass is 322 g/mol. The molecule has 1 atom stereocenters. The second-order valence-electron chi connectivity index (χ2n) is 5.28. The zero-order valence-corrected chi connectivity index (χ0v) is 12.9. The van der Waals surface area contributed by atoms with E-state index in [1.54, 1.807) is 6.92 Å². The largest absolute Gasteiger partial charge is 0.465 e. The van der Waals surface area contributed by atoms with Crippen LogP contribution in [-0.2, 0) is 9.53 Å². The van der Waals surface area contributed by atoms with Crippen LogP contribution in [0.5, 0.6) is 0 Å². The zero-order valence-electron chi connectivity index (χ0n) is 12.9. The average molecular weight is 322 g/mol. The zero-order chi connectivity index (χ0) is 17.0. The van der Waals surface area contributed by atoms with Gasteiger partial charge in [0, 0.05) is 24.7 Å². The number of rotatable bonds is 4. The lowest BCUT2D eigenvalue weighted by Crippen LogP contribution is -2.24. The lowest BCUT2D eigenvalue weighted by Gasteiger charge is -2.17. The Morgan fingerprint density at radius 1 is 1.52 bits per heavy atom. The lowest BCUT2D eigenvalue weighted by molar-refractivity contribution is -0.384. The number of anilines is 1. The van der Waals surface area contributed by atoms with Crippen molar-refractivity contribution >= 4 is 23.4 Å². The van der Waals surface area contributed by atoms with Crippen molar-refractivity contribution < 1.29 is 19.2 Å². The van der Waals surface area contributed by atoms with Crippen molar-refractivity contribution in [2.24, 2.45) is 0 Å². The molecule has 9 heteroatoms. The minimum Gasteiger partial charge on any atom is -0.465 e. The van der Waals surface area contributed by atoms with Gasteiger partial charge >= 0.3 is 11.7 Å². The second kappa shape index (κ2) is 7.03. The van der Waals surface area contributed by atoms with Gasteiger partial charge in [-0.3, -0.25) is 14.9 Å². The summed E-state index contributed by atoms with van der Waals surface area (Å²) in [5.41, 5.74) is -0.0948. The second-order valence-corrected chi connectivity index (χ2v) is 5.28. The maximum Gasteiger partial charge on any atom is 0.345 e. The van der Waals surface area contributed by atoms with Gasteiger partial charge in [-0.15, -0.1) is 0 Å². The molecule has 0 radical (unpaired) electrons. The molecule has 1 aliphatic heterocycles. The van der Waals surface area contributed by atoms with Crippen molar-refractivity contribution in [2.75, 3.05) is 19.0 Å². The molecular formula is C14H18N4O5. The van der Waals surface area contributed by atoms with Crippen molar-refractivity contribution in [3.05, 3.63) is 27.4 Å². The molecule has 1 aliphatic rings. The smallest absolute Gasteiger partial charge is 0.345 e. The van der Waals surface area contributed by atoms with Crippen LogP contribution < -0.4 is 10.6 Å². The maximum atomic E-state index is 11.8. The number of pyridine rings is 1. The fourth-order valence-electron chi connectivity index (χ4n) is 2.48. The first-order valence-corrected chi connectivity index (χ1v) is 7.20. The van der Waals surface area contributed by atoms with Gasteiger partial charge in [0.15, 0.2) is 0 Å². The Balaban J connectivity index is 2.36. The molecule has 1 amide bonds. The molecule has 124 valence electrons. The summed E-state index contributed by atoms with van der Waals surface area (Å²) in [6.45, 7) is 2.12. The number of amides is 1. The number of aryl methyl sites for hydroxylation is 1. The van der Waals surface area contributed by atoms with E-state index in [1.807, 2.05) is 0 Å². The van der Waals surface area contributed by atoms with E-state index in [2.05, 4.69) is 20.4 Å². The van der Waals surface area contributed by atoms with Gasteiger partial charge in [-0.25, -0.2) is 9.78 Å². The van der Waals surface area contributed by atoms with Crippen molar-refractivity contribution in [2.45, 2.75) is 32.2 Å². The molecule has 1 saturated heterocycles. The van der Waals surface area contributed by atoms with E-state index in [9.17, 15) is 19.7 Å². The van der Waals surface area contributed by atoms with E-state index < -0.39 is 16.6 Å². The molecule has 0 spiro atoms. The minimum absolute atomic E-state index is 0.0229. The van der Waals surface area contributed by atoms with Crippen LogP contribution in [0.2, 0.25) is 0 Å². The van der Waals surface area contributed by atoms with Crippen LogP contribution in [0.15, 0.2) is 6.07 Å². The van der Waals surface area contributed by atoms with Crippen molar-refractivity contribution in [1.29, 1.82) is 0 Å². The Hall–Kier alpha value is -2.71. The van der Waals surface area contributed by atoms with Crippen molar-refractivity contribution in [3.63, 3.8) is 0 Å². The number of carbonyl (C=O) groups excluding carboxylic acids is 2. The molecule has 2 N–H and O–H groups in total. The molecule has 0 aliphatic carbocycles. The summed E-state index contributed by atoms with van der Waals surface area (Å²) in [6, 6.07) is 1.18. The molecule has 1 unspecified atom stereocenters. The topological polar surface area (TPSA) is 123 Å². The number of nitrogens with zero attached hydrogens (tertiary/aromatic N) is 2. The van der Waals surface area contributed by atoms with Gasteiger partial charge in [0.25, 0.3) is 0 Å². The number of carbonyl (C=O) groups is 2. The minimum atomic E-state index is -0.789. The summed E-state index contributed by atoms with van der Waals surface area (Å²) in [6.07, 6.45) is 1.49. The van der Waals surface area contributed by atoms with Crippen LogP contribution in [0.1, 0.15) is 35.3 Å². The first kappa shape index (κ1) is 16.7. The van der Waals surface area contributed by atoms with E-state index in [4.69, 9.17) is 0 Å². The quantitative estimate of drug-likeness (QED) is 0.484. The van der Waals surface area contributed by atoms with E-state index >= 15 is 0 Å². The molecule has 23 heavy (non-hydrogen) atoms. The first-order valence-electron chi connectivity index (χ1n) is 7.20.